The van der Waals surface area contributed by atoms with E-state index in [0.29, 0.717) is 22.4 Å². The van der Waals surface area contributed by atoms with Crippen LogP contribution in [0.5, 0.6) is 0 Å². The molecule has 2 heterocycles. The smallest absolute Gasteiger partial charge is 0.326 e. The number of aromatic nitrogens is 2. The van der Waals surface area contributed by atoms with Gasteiger partial charge in [0.2, 0.25) is 11.8 Å². The maximum absolute atomic E-state index is 12.9. The lowest BCUT2D eigenvalue weighted by Gasteiger charge is -2.22. The van der Waals surface area contributed by atoms with Gasteiger partial charge in [-0.1, -0.05) is 0 Å². The first kappa shape index (κ1) is 21.5. The van der Waals surface area contributed by atoms with Gasteiger partial charge in [-0.25, -0.2) is 4.98 Å². The number of ether oxygens (including phenoxy) is 1. The van der Waals surface area contributed by atoms with E-state index >= 15 is 0 Å². The molecule has 1 atom stereocenters. The van der Waals surface area contributed by atoms with Crippen molar-refractivity contribution in [1.29, 1.82) is 0 Å². The molecule has 2 N–H and O–H groups in total. The van der Waals surface area contributed by atoms with Gasteiger partial charge in [0.25, 0.3) is 5.91 Å². The molecular weight excluding hydrogens is 388 g/mol. The zero-order chi connectivity index (χ0) is 22.2. The fourth-order valence-electron chi connectivity index (χ4n) is 3.42. The SMILES string of the molecule is Cc1cc(C(=O)NC2CCC(=O)NC2=O)c2nc(C)n(CC(=O)OC(C)(C)C)c2c1. The molecule has 9 nitrogen and oxygen atoms in total. The molecule has 1 fully saturated rings. The molecule has 0 bridgehead atoms. The van der Waals surface area contributed by atoms with E-state index in [4.69, 9.17) is 4.74 Å². The molecule has 1 aliphatic heterocycles. The van der Waals surface area contributed by atoms with Crippen LogP contribution in [0.4, 0.5) is 0 Å². The molecule has 1 unspecified atom stereocenters. The van der Waals surface area contributed by atoms with Crippen LogP contribution in [0.15, 0.2) is 12.1 Å². The maximum atomic E-state index is 12.9. The number of piperidine rings is 1. The van der Waals surface area contributed by atoms with E-state index in [1.807, 2.05) is 13.0 Å². The Balaban J connectivity index is 1.91. The van der Waals surface area contributed by atoms with Gasteiger partial charge in [0.15, 0.2) is 0 Å². The average molecular weight is 414 g/mol. The predicted octanol–water partition coefficient (Wildman–Crippen LogP) is 1.53. The van der Waals surface area contributed by atoms with E-state index in [1.54, 1.807) is 38.3 Å². The Bertz CT molecular complexity index is 1050. The Labute approximate surface area is 174 Å². The van der Waals surface area contributed by atoms with Crippen LogP contribution in [0.1, 0.15) is 55.4 Å². The van der Waals surface area contributed by atoms with E-state index in [-0.39, 0.29) is 25.3 Å². The second kappa shape index (κ2) is 7.89. The summed E-state index contributed by atoms with van der Waals surface area (Å²) in [4.78, 5) is 53.0. The first-order chi connectivity index (χ1) is 13.9. The van der Waals surface area contributed by atoms with Crippen molar-refractivity contribution >= 4 is 34.7 Å². The van der Waals surface area contributed by atoms with Crippen LogP contribution in [0.2, 0.25) is 0 Å². The Morgan fingerprint density at radius 2 is 1.97 bits per heavy atom. The number of amides is 3. The van der Waals surface area contributed by atoms with Gasteiger partial charge in [0.05, 0.1) is 11.1 Å². The minimum atomic E-state index is -0.782. The van der Waals surface area contributed by atoms with E-state index < -0.39 is 29.4 Å². The summed E-state index contributed by atoms with van der Waals surface area (Å²) in [5.41, 5.74) is 1.57. The molecule has 3 rings (SSSR count). The van der Waals surface area contributed by atoms with Crippen LogP contribution in [0, 0.1) is 13.8 Å². The highest BCUT2D eigenvalue weighted by molar-refractivity contribution is 6.08. The number of carbonyl (C=O) groups is 4. The molecular formula is C21H26N4O5. The number of hydrogen-bond acceptors (Lipinski definition) is 6. The Morgan fingerprint density at radius 3 is 2.60 bits per heavy atom. The number of carbonyl (C=O) groups excluding carboxylic acids is 4. The van der Waals surface area contributed by atoms with Crippen molar-refractivity contribution in [2.75, 3.05) is 0 Å². The number of esters is 1. The molecule has 1 aromatic heterocycles. The molecule has 1 aromatic carbocycles. The Kier molecular flexibility index (Phi) is 5.65. The van der Waals surface area contributed by atoms with Gasteiger partial charge in [-0.2, -0.15) is 0 Å². The van der Waals surface area contributed by atoms with Crippen molar-refractivity contribution in [2.24, 2.45) is 0 Å². The quantitative estimate of drug-likeness (QED) is 0.578. The number of nitrogens with one attached hydrogen (secondary N) is 2. The number of rotatable bonds is 4. The molecule has 0 aliphatic carbocycles. The zero-order valence-corrected chi connectivity index (χ0v) is 17.8. The van der Waals surface area contributed by atoms with Crippen molar-refractivity contribution < 1.29 is 23.9 Å². The molecule has 1 saturated heterocycles. The van der Waals surface area contributed by atoms with Gasteiger partial charge in [-0.3, -0.25) is 24.5 Å². The molecule has 1 aliphatic rings. The van der Waals surface area contributed by atoms with E-state index in [9.17, 15) is 19.2 Å². The summed E-state index contributed by atoms with van der Waals surface area (Å²) < 4.78 is 7.11. The van der Waals surface area contributed by atoms with Crippen LogP contribution >= 0.6 is 0 Å². The molecule has 3 amide bonds. The van der Waals surface area contributed by atoms with Gasteiger partial charge in [-0.15, -0.1) is 0 Å². The number of imidazole rings is 1. The van der Waals surface area contributed by atoms with E-state index in [2.05, 4.69) is 15.6 Å². The maximum Gasteiger partial charge on any atom is 0.326 e. The molecule has 30 heavy (non-hydrogen) atoms. The van der Waals surface area contributed by atoms with Crippen molar-refractivity contribution in [2.45, 2.75) is 65.6 Å². The van der Waals surface area contributed by atoms with Crippen molar-refractivity contribution in [3.8, 4) is 0 Å². The van der Waals surface area contributed by atoms with Gasteiger partial charge < -0.3 is 14.6 Å². The van der Waals surface area contributed by atoms with Crippen LogP contribution in [-0.4, -0.2) is 44.9 Å². The summed E-state index contributed by atoms with van der Waals surface area (Å²) in [5, 5.41) is 4.91. The fraction of sp³-hybridized carbons (Fsp3) is 0.476. The predicted molar refractivity (Wildman–Crippen MR) is 109 cm³/mol. The van der Waals surface area contributed by atoms with Gasteiger partial charge in [-0.05, 0) is 58.7 Å². The summed E-state index contributed by atoms with van der Waals surface area (Å²) in [5.74, 6) is -1.16. The minimum absolute atomic E-state index is 0.0305. The van der Waals surface area contributed by atoms with Crippen LogP contribution in [0.25, 0.3) is 11.0 Å². The topological polar surface area (TPSA) is 119 Å². The normalized spacial score (nSPS) is 17.0. The second-order valence-corrected chi connectivity index (χ2v) is 8.49. The van der Waals surface area contributed by atoms with Gasteiger partial charge in [0.1, 0.15) is 29.5 Å². The molecule has 2 aromatic rings. The molecule has 9 heteroatoms. The van der Waals surface area contributed by atoms with Gasteiger partial charge >= 0.3 is 5.97 Å². The highest BCUT2D eigenvalue weighted by Gasteiger charge is 2.29. The third-order valence-electron chi connectivity index (χ3n) is 4.69. The summed E-state index contributed by atoms with van der Waals surface area (Å²) in [6.45, 7) is 8.95. The third kappa shape index (κ3) is 4.67. The Hall–Kier alpha value is -3.23. The summed E-state index contributed by atoms with van der Waals surface area (Å²) in [7, 11) is 0. The van der Waals surface area contributed by atoms with Gasteiger partial charge in [0, 0.05) is 6.42 Å². The van der Waals surface area contributed by atoms with Crippen LogP contribution in [0.3, 0.4) is 0 Å². The second-order valence-electron chi connectivity index (χ2n) is 8.49. The first-order valence-corrected chi connectivity index (χ1v) is 9.78. The lowest BCUT2D eigenvalue weighted by Crippen LogP contribution is -2.52. The lowest BCUT2D eigenvalue weighted by atomic mass is 10.0. The van der Waals surface area contributed by atoms with Crippen molar-refractivity contribution in [1.82, 2.24) is 20.2 Å². The number of nitrogens with zero attached hydrogens (tertiary/aromatic N) is 2. The third-order valence-corrected chi connectivity index (χ3v) is 4.69. The number of aryl methyl sites for hydroxylation is 2. The molecule has 0 spiro atoms. The monoisotopic (exact) mass is 414 g/mol. The highest BCUT2D eigenvalue weighted by Crippen LogP contribution is 2.23. The standard InChI is InChI=1S/C21H26N4O5/c1-11-8-13(19(28)23-14-6-7-16(26)24-20(14)29)18-15(9-11)25(12(2)22-18)10-17(27)30-21(3,4)5/h8-9,14H,6-7,10H2,1-5H3,(H,23,28)(H,24,26,29). The van der Waals surface area contributed by atoms with Crippen LogP contribution < -0.4 is 10.6 Å². The Morgan fingerprint density at radius 1 is 1.27 bits per heavy atom. The number of fused-ring (bicyclic) bond motifs is 1. The molecule has 0 radical (unpaired) electrons. The van der Waals surface area contributed by atoms with E-state index in [0.717, 1.165) is 5.56 Å². The largest absolute Gasteiger partial charge is 0.459 e. The molecule has 160 valence electrons. The number of hydrogen-bond donors (Lipinski definition) is 2. The van der Waals surface area contributed by atoms with Crippen molar-refractivity contribution in [3.05, 3.63) is 29.1 Å². The average Bonchev–Trinajstić information content (AvgIpc) is 2.90. The van der Waals surface area contributed by atoms with E-state index in [1.165, 1.54) is 0 Å². The lowest BCUT2D eigenvalue weighted by molar-refractivity contribution is -0.155. The number of imide groups is 1. The van der Waals surface area contributed by atoms with Crippen molar-refractivity contribution in [3.63, 3.8) is 0 Å². The summed E-state index contributed by atoms with van der Waals surface area (Å²) in [6.07, 6.45) is 0.418. The highest BCUT2D eigenvalue weighted by atomic mass is 16.6. The van der Waals surface area contributed by atoms with Crippen LogP contribution in [-0.2, 0) is 25.7 Å². The fourth-order valence-corrected chi connectivity index (χ4v) is 3.42. The molecule has 0 saturated carbocycles. The first-order valence-electron chi connectivity index (χ1n) is 9.78. The zero-order valence-electron chi connectivity index (χ0n) is 17.8. The summed E-state index contributed by atoms with van der Waals surface area (Å²) >= 11 is 0. The number of benzene rings is 1. The minimum Gasteiger partial charge on any atom is -0.459 e. The summed E-state index contributed by atoms with van der Waals surface area (Å²) in [6, 6.07) is 2.76.